The van der Waals surface area contributed by atoms with Crippen LogP contribution in [0.1, 0.15) is 67.8 Å². The van der Waals surface area contributed by atoms with Gasteiger partial charge in [0.15, 0.2) is 0 Å². The quantitative estimate of drug-likeness (QED) is 0.224. The van der Waals surface area contributed by atoms with E-state index in [2.05, 4.69) is 10.2 Å². The Morgan fingerprint density at radius 1 is 1.05 bits per heavy atom. The normalized spacial score (nSPS) is 21.8. The summed E-state index contributed by atoms with van der Waals surface area (Å²) in [6, 6.07) is 16.9. The largest absolute Gasteiger partial charge is 0.494 e. The second-order valence-corrected chi connectivity index (χ2v) is 10.4. The molecule has 38 heavy (non-hydrogen) atoms. The van der Waals surface area contributed by atoms with Crippen molar-refractivity contribution in [1.82, 2.24) is 10.2 Å². The molecule has 1 amide bonds. The number of amides is 1. The van der Waals surface area contributed by atoms with E-state index in [1.54, 1.807) is 24.3 Å². The summed E-state index contributed by atoms with van der Waals surface area (Å²) < 4.78 is 11.9. The van der Waals surface area contributed by atoms with Gasteiger partial charge in [-0.2, -0.15) is 0 Å². The van der Waals surface area contributed by atoms with Crippen LogP contribution < -0.4 is 10.1 Å². The number of carbonyl (C=O) groups is 3. The average molecular weight is 521 g/mol. The van der Waals surface area contributed by atoms with E-state index in [1.165, 1.54) is 0 Å². The summed E-state index contributed by atoms with van der Waals surface area (Å²) in [5.74, 6) is 0.759. The van der Waals surface area contributed by atoms with Crippen LogP contribution in [-0.2, 0) is 19.7 Å². The van der Waals surface area contributed by atoms with Gasteiger partial charge in [0, 0.05) is 25.1 Å². The van der Waals surface area contributed by atoms with Crippen LogP contribution in [0, 0.1) is 5.92 Å². The minimum absolute atomic E-state index is 0.0556. The highest BCUT2D eigenvalue weighted by molar-refractivity contribution is 5.94. The summed E-state index contributed by atoms with van der Waals surface area (Å²) in [6.45, 7) is 5.91. The Hall–Kier alpha value is -3.19. The molecule has 1 N–H and O–H groups in total. The third-order valence-electron chi connectivity index (χ3n) is 8.11. The highest BCUT2D eigenvalue weighted by Crippen LogP contribution is 2.36. The van der Waals surface area contributed by atoms with Gasteiger partial charge in [-0.1, -0.05) is 37.3 Å². The summed E-state index contributed by atoms with van der Waals surface area (Å²) in [5, 5.41) is 3.00. The molecule has 0 aliphatic carbocycles. The van der Waals surface area contributed by atoms with E-state index in [9.17, 15) is 14.4 Å². The Kier molecular flexibility index (Phi) is 9.93. The Bertz CT molecular complexity index is 1050. The molecular formula is C31H40N2O5. The lowest BCUT2D eigenvalue weighted by molar-refractivity contribution is -0.166. The molecule has 5 rings (SSSR count). The average Bonchev–Trinajstić information content (AvgIpc) is 2.96. The molecule has 3 saturated heterocycles. The number of hydrogen-bond donors (Lipinski definition) is 1. The molecule has 0 spiro atoms. The number of unbranched alkanes of at least 4 members (excludes halogenated alkanes) is 2. The van der Waals surface area contributed by atoms with Crippen molar-refractivity contribution in [3.05, 3.63) is 65.7 Å². The van der Waals surface area contributed by atoms with Gasteiger partial charge in [-0.05, 0) is 87.4 Å². The van der Waals surface area contributed by atoms with Crippen LogP contribution in [0.25, 0.3) is 0 Å². The fourth-order valence-corrected chi connectivity index (χ4v) is 5.66. The lowest BCUT2D eigenvalue weighted by atomic mass is 9.75. The Labute approximate surface area is 225 Å². The topological polar surface area (TPSA) is 84.9 Å². The molecule has 3 aliphatic rings. The number of rotatable bonds is 14. The second-order valence-electron chi connectivity index (χ2n) is 10.4. The summed E-state index contributed by atoms with van der Waals surface area (Å²) in [4.78, 5) is 39.4. The van der Waals surface area contributed by atoms with Crippen molar-refractivity contribution >= 4 is 18.2 Å². The number of ether oxygens (including phenoxy) is 2. The molecule has 204 valence electrons. The second kappa shape index (κ2) is 13.6. The van der Waals surface area contributed by atoms with Crippen LogP contribution in [0.5, 0.6) is 5.75 Å². The van der Waals surface area contributed by atoms with Crippen LogP contribution in [-0.4, -0.2) is 62.0 Å². The van der Waals surface area contributed by atoms with Gasteiger partial charge < -0.3 is 19.6 Å². The summed E-state index contributed by atoms with van der Waals surface area (Å²) >= 11 is 0. The first kappa shape index (κ1) is 27.8. The standard InChI is InChI=1S/C31H40N2O5/c1-2-31(26-9-5-3-6-10-26,30(36)38-28-23-33-19-15-24(28)16-20-33)17-18-32-29(35)25-11-13-27(14-12-25)37-22-8-4-7-21-34/h3,5-6,9-14,21,24,28H,2,4,7-8,15-20,22-23H2,1H3,(H,32,35)/t28-,31?/m0/s1. The molecular weight excluding hydrogens is 480 g/mol. The van der Waals surface area contributed by atoms with Gasteiger partial charge in [0.2, 0.25) is 0 Å². The number of fused-ring (bicyclic) bond motifs is 3. The maximum atomic E-state index is 13.8. The van der Waals surface area contributed by atoms with Gasteiger partial charge >= 0.3 is 5.97 Å². The number of esters is 1. The maximum absolute atomic E-state index is 13.8. The predicted octanol–water partition coefficient (Wildman–Crippen LogP) is 4.54. The van der Waals surface area contributed by atoms with Crippen molar-refractivity contribution in [2.24, 2.45) is 5.92 Å². The minimum Gasteiger partial charge on any atom is -0.494 e. The van der Waals surface area contributed by atoms with Crippen molar-refractivity contribution in [3.63, 3.8) is 0 Å². The Balaban J connectivity index is 1.36. The zero-order valence-corrected chi connectivity index (χ0v) is 22.4. The number of nitrogens with one attached hydrogen (secondary N) is 1. The first-order valence-electron chi connectivity index (χ1n) is 14.0. The third-order valence-corrected chi connectivity index (χ3v) is 8.11. The molecule has 3 aliphatic heterocycles. The highest BCUT2D eigenvalue weighted by Gasteiger charge is 2.44. The van der Waals surface area contributed by atoms with Crippen LogP contribution in [0.3, 0.4) is 0 Å². The van der Waals surface area contributed by atoms with Gasteiger partial charge in [-0.15, -0.1) is 0 Å². The van der Waals surface area contributed by atoms with Crippen molar-refractivity contribution in [2.75, 3.05) is 32.8 Å². The van der Waals surface area contributed by atoms with E-state index < -0.39 is 5.41 Å². The summed E-state index contributed by atoms with van der Waals surface area (Å²) in [7, 11) is 0. The molecule has 0 aromatic heterocycles. The predicted molar refractivity (Wildman–Crippen MR) is 146 cm³/mol. The fourth-order valence-electron chi connectivity index (χ4n) is 5.66. The van der Waals surface area contributed by atoms with E-state index in [0.29, 0.717) is 49.6 Å². The van der Waals surface area contributed by atoms with E-state index >= 15 is 0 Å². The molecule has 7 nitrogen and oxygen atoms in total. The van der Waals surface area contributed by atoms with Crippen molar-refractivity contribution < 1.29 is 23.9 Å². The summed E-state index contributed by atoms with van der Waals surface area (Å²) in [6.07, 6.45) is 6.24. The van der Waals surface area contributed by atoms with E-state index in [-0.39, 0.29) is 18.0 Å². The van der Waals surface area contributed by atoms with Crippen LogP contribution in [0.4, 0.5) is 0 Å². The number of piperidine rings is 3. The number of nitrogens with zero attached hydrogens (tertiary/aromatic N) is 1. The highest BCUT2D eigenvalue weighted by atomic mass is 16.5. The van der Waals surface area contributed by atoms with Crippen LogP contribution in [0.15, 0.2) is 54.6 Å². The molecule has 7 heteroatoms. The van der Waals surface area contributed by atoms with E-state index in [4.69, 9.17) is 9.47 Å². The van der Waals surface area contributed by atoms with Crippen molar-refractivity contribution in [1.29, 1.82) is 0 Å². The first-order chi connectivity index (χ1) is 18.6. The monoisotopic (exact) mass is 520 g/mol. The maximum Gasteiger partial charge on any atom is 0.316 e. The fraction of sp³-hybridized carbons (Fsp3) is 0.516. The van der Waals surface area contributed by atoms with Gasteiger partial charge in [0.1, 0.15) is 18.1 Å². The van der Waals surface area contributed by atoms with Crippen molar-refractivity contribution in [3.8, 4) is 5.75 Å². The van der Waals surface area contributed by atoms with Gasteiger partial charge in [-0.25, -0.2) is 0 Å². The van der Waals surface area contributed by atoms with Gasteiger partial charge in [-0.3, -0.25) is 14.5 Å². The van der Waals surface area contributed by atoms with Crippen molar-refractivity contribution in [2.45, 2.75) is 63.4 Å². The zero-order chi connectivity index (χ0) is 26.8. The van der Waals surface area contributed by atoms with Gasteiger partial charge in [0.25, 0.3) is 5.91 Å². The van der Waals surface area contributed by atoms with Gasteiger partial charge in [0.05, 0.1) is 12.0 Å². The van der Waals surface area contributed by atoms with E-state index in [0.717, 1.165) is 57.2 Å². The molecule has 1 unspecified atom stereocenters. The molecule has 2 atom stereocenters. The Morgan fingerprint density at radius 2 is 1.79 bits per heavy atom. The molecule has 0 saturated carbocycles. The number of hydrogen-bond acceptors (Lipinski definition) is 6. The molecule has 2 aromatic rings. The zero-order valence-electron chi connectivity index (χ0n) is 22.4. The SMILES string of the molecule is CCC(CCNC(=O)c1ccc(OCCCCC=O)cc1)(C(=O)O[C@H]1CN2CCC1CC2)c1ccccc1. The molecule has 3 heterocycles. The third kappa shape index (κ3) is 6.81. The molecule has 3 fully saturated rings. The summed E-state index contributed by atoms with van der Waals surface area (Å²) in [5.41, 5.74) is 0.648. The lowest BCUT2D eigenvalue weighted by Gasteiger charge is -2.45. The number of carbonyl (C=O) groups excluding carboxylic acids is 3. The van der Waals surface area contributed by atoms with Crippen LogP contribution in [0.2, 0.25) is 0 Å². The molecule has 2 bridgehead atoms. The number of aldehydes is 1. The smallest absolute Gasteiger partial charge is 0.316 e. The first-order valence-corrected chi connectivity index (χ1v) is 14.0. The van der Waals surface area contributed by atoms with E-state index in [1.807, 2.05) is 37.3 Å². The minimum atomic E-state index is -0.817. The van der Waals surface area contributed by atoms with Crippen LogP contribution >= 0.6 is 0 Å². The molecule has 0 radical (unpaired) electrons. The Morgan fingerprint density at radius 3 is 2.42 bits per heavy atom. The number of benzene rings is 2. The molecule has 2 aromatic carbocycles. The lowest BCUT2D eigenvalue weighted by Crippen LogP contribution is -2.53.